The molecule has 6 nitrogen and oxygen atoms in total. The first-order valence-electron chi connectivity index (χ1n) is 7.23. The topological polar surface area (TPSA) is 88.8 Å². The molecular weight excluding hydrogens is 298 g/mol. The Bertz CT molecular complexity index is 634. The summed E-state index contributed by atoms with van der Waals surface area (Å²) in [6, 6.07) is 10.6. The predicted molar refractivity (Wildman–Crippen MR) is 83.2 cm³/mol. The van der Waals surface area contributed by atoms with E-state index in [1.165, 1.54) is 6.26 Å². The number of carbonyl (C=O) groups excluding carboxylic acids is 1. The first kappa shape index (κ1) is 16.6. The summed E-state index contributed by atoms with van der Waals surface area (Å²) >= 11 is 0. The van der Waals surface area contributed by atoms with Gasteiger partial charge in [0, 0.05) is 12.3 Å². The van der Waals surface area contributed by atoms with Crippen molar-refractivity contribution in [1.82, 2.24) is 5.32 Å². The van der Waals surface area contributed by atoms with Crippen LogP contribution in [0.2, 0.25) is 0 Å². The number of aliphatic carboxylic acids is 1. The molecule has 23 heavy (non-hydrogen) atoms. The maximum Gasteiger partial charge on any atom is 0.303 e. The van der Waals surface area contributed by atoms with Crippen molar-refractivity contribution in [3.63, 3.8) is 0 Å². The second-order valence-electron chi connectivity index (χ2n) is 5.13. The third-order valence-electron chi connectivity index (χ3n) is 3.48. The first-order valence-corrected chi connectivity index (χ1v) is 7.23. The van der Waals surface area contributed by atoms with Crippen LogP contribution < -0.4 is 10.1 Å². The highest BCUT2D eigenvalue weighted by molar-refractivity contribution is 5.78. The summed E-state index contributed by atoms with van der Waals surface area (Å²) in [7, 11) is 1.56. The van der Waals surface area contributed by atoms with Crippen LogP contribution in [0.4, 0.5) is 0 Å². The standard InChI is InChI=1S/C17H19NO5/c1-22-14-6-4-12(5-7-14)13(10-17(20)21)9-16(19)18-11-15-3-2-8-23-15/h2-8,13H,9-11H2,1H3,(H,18,19)(H,20,21)/t13-/m1/s1. The highest BCUT2D eigenvalue weighted by Gasteiger charge is 2.19. The number of amides is 1. The van der Waals surface area contributed by atoms with Gasteiger partial charge in [-0.1, -0.05) is 12.1 Å². The van der Waals surface area contributed by atoms with E-state index in [-0.39, 0.29) is 25.3 Å². The quantitative estimate of drug-likeness (QED) is 0.781. The number of carboxylic acid groups (broad SMARTS) is 1. The van der Waals surface area contributed by atoms with E-state index in [1.807, 2.05) is 0 Å². The van der Waals surface area contributed by atoms with Gasteiger partial charge in [0.25, 0.3) is 0 Å². The molecule has 0 aliphatic carbocycles. The van der Waals surface area contributed by atoms with Gasteiger partial charge in [-0.3, -0.25) is 9.59 Å². The van der Waals surface area contributed by atoms with E-state index in [9.17, 15) is 9.59 Å². The molecule has 0 saturated heterocycles. The van der Waals surface area contributed by atoms with Gasteiger partial charge in [0.1, 0.15) is 11.5 Å². The summed E-state index contributed by atoms with van der Waals surface area (Å²) < 4.78 is 10.2. The fraction of sp³-hybridized carbons (Fsp3) is 0.294. The molecule has 0 unspecified atom stereocenters. The van der Waals surface area contributed by atoms with Gasteiger partial charge in [-0.25, -0.2) is 0 Å². The van der Waals surface area contributed by atoms with Crippen molar-refractivity contribution in [2.45, 2.75) is 25.3 Å². The van der Waals surface area contributed by atoms with Gasteiger partial charge in [0.05, 0.1) is 26.3 Å². The molecule has 2 aromatic rings. The number of furan rings is 1. The molecule has 0 radical (unpaired) electrons. The van der Waals surface area contributed by atoms with Crippen molar-refractivity contribution in [3.8, 4) is 5.75 Å². The SMILES string of the molecule is COc1ccc([C@@H](CC(=O)O)CC(=O)NCc2ccco2)cc1. The number of nitrogens with one attached hydrogen (secondary N) is 1. The Morgan fingerprint density at radius 3 is 2.52 bits per heavy atom. The Labute approximate surface area is 134 Å². The van der Waals surface area contributed by atoms with E-state index >= 15 is 0 Å². The first-order chi connectivity index (χ1) is 11.1. The second kappa shape index (κ2) is 8.03. The lowest BCUT2D eigenvalue weighted by Gasteiger charge is -2.15. The molecule has 2 N–H and O–H groups in total. The lowest BCUT2D eigenvalue weighted by Crippen LogP contribution is -2.25. The smallest absolute Gasteiger partial charge is 0.303 e. The predicted octanol–water partition coefficient (Wildman–Crippen LogP) is 2.55. The molecule has 0 aliphatic rings. The number of carboxylic acids is 1. The molecular formula is C17H19NO5. The zero-order valence-corrected chi connectivity index (χ0v) is 12.8. The Balaban J connectivity index is 1.99. The number of benzene rings is 1. The minimum absolute atomic E-state index is 0.0966. The van der Waals surface area contributed by atoms with Crippen LogP contribution in [0.25, 0.3) is 0 Å². The van der Waals surface area contributed by atoms with E-state index in [1.54, 1.807) is 43.5 Å². The molecule has 0 spiro atoms. The van der Waals surface area contributed by atoms with E-state index in [0.717, 1.165) is 5.56 Å². The van der Waals surface area contributed by atoms with Crippen LogP contribution in [-0.4, -0.2) is 24.1 Å². The number of hydrogen-bond donors (Lipinski definition) is 2. The maximum absolute atomic E-state index is 12.1. The lowest BCUT2D eigenvalue weighted by molar-refractivity contribution is -0.137. The van der Waals surface area contributed by atoms with Gasteiger partial charge in [-0.05, 0) is 29.8 Å². The van der Waals surface area contributed by atoms with E-state index in [0.29, 0.717) is 11.5 Å². The zero-order chi connectivity index (χ0) is 16.7. The van der Waals surface area contributed by atoms with Crippen molar-refractivity contribution in [2.75, 3.05) is 7.11 Å². The fourth-order valence-electron chi connectivity index (χ4n) is 2.29. The highest BCUT2D eigenvalue weighted by Crippen LogP contribution is 2.25. The summed E-state index contributed by atoms with van der Waals surface area (Å²) in [4.78, 5) is 23.1. The van der Waals surface area contributed by atoms with Crippen molar-refractivity contribution in [2.24, 2.45) is 0 Å². The Hall–Kier alpha value is -2.76. The Morgan fingerprint density at radius 2 is 1.96 bits per heavy atom. The number of hydrogen-bond acceptors (Lipinski definition) is 4. The summed E-state index contributed by atoms with van der Waals surface area (Å²) in [6.07, 6.45) is 1.52. The van der Waals surface area contributed by atoms with Gasteiger partial charge in [0.2, 0.25) is 5.91 Å². The number of methoxy groups -OCH3 is 1. The summed E-state index contributed by atoms with van der Waals surface area (Å²) in [6.45, 7) is 0.286. The normalized spacial score (nSPS) is 11.7. The molecule has 1 aromatic carbocycles. The van der Waals surface area contributed by atoms with Crippen LogP contribution in [0.1, 0.15) is 30.1 Å². The second-order valence-corrected chi connectivity index (χ2v) is 5.13. The molecule has 0 aliphatic heterocycles. The third-order valence-corrected chi connectivity index (χ3v) is 3.48. The maximum atomic E-state index is 12.1. The van der Waals surface area contributed by atoms with Gasteiger partial charge in [-0.2, -0.15) is 0 Å². The molecule has 122 valence electrons. The van der Waals surface area contributed by atoms with Crippen LogP contribution in [-0.2, 0) is 16.1 Å². The molecule has 1 atom stereocenters. The van der Waals surface area contributed by atoms with Crippen LogP contribution in [0.15, 0.2) is 47.1 Å². The van der Waals surface area contributed by atoms with Crippen molar-refractivity contribution >= 4 is 11.9 Å². The largest absolute Gasteiger partial charge is 0.497 e. The summed E-state index contributed by atoms with van der Waals surface area (Å²) in [5, 5.41) is 11.8. The van der Waals surface area contributed by atoms with Gasteiger partial charge >= 0.3 is 5.97 Å². The van der Waals surface area contributed by atoms with Gasteiger partial charge in [-0.15, -0.1) is 0 Å². The monoisotopic (exact) mass is 317 g/mol. The van der Waals surface area contributed by atoms with Crippen LogP contribution in [0, 0.1) is 0 Å². The lowest BCUT2D eigenvalue weighted by atomic mass is 9.92. The van der Waals surface area contributed by atoms with Crippen LogP contribution in [0.3, 0.4) is 0 Å². The molecule has 0 fully saturated rings. The van der Waals surface area contributed by atoms with E-state index in [4.69, 9.17) is 14.3 Å². The highest BCUT2D eigenvalue weighted by atomic mass is 16.5. The summed E-state index contributed by atoms with van der Waals surface area (Å²) in [5.74, 6) is -0.217. The molecule has 0 saturated carbocycles. The van der Waals surface area contributed by atoms with Crippen molar-refractivity contribution in [1.29, 1.82) is 0 Å². The minimum atomic E-state index is -0.940. The summed E-state index contributed by atoms with van der Waals surface area (Å²) in [5.41, 5.74) is 0.793. The number of carbonyl (C=O) groups is 2. The molecule has 2 rings (SSSR count). The zero-order valence-electron chi connectivity index (χ0n) is 12.8. The average molecular weight is 317 g/mol. The minimum Gasteiger partial charge on any atom is -0.497 e. The van der Waals surface area contributed by atoms with Gasteiger partial charge < -0.3 is 19.6 Å². The Kier molecular flexibility index (Phi) is 5.80. The van der Waals surface area contributed by atoms with Crippen molar-refractivity contribution < 1.29 is 23.8 Å². The van der Waals surface area contributed by atoms with Gasteiger partial charge in [0.15, 0.2) is 0 Å². The van der Waals surface area contributed by atoms with Crippen LogP contribution >= 0.6 is 0 Å². The third kappa shape index (κ3) is 5.18. The fourth-order valence-corrected chi connectivity index (χ4v) is 2.29. The van der Waals surface area contributed by atoms with E-state index in [2.05, 4.69) is 5.32 Å². The molecule has 1 heterocycles. The number of ether oxygens (including phenoxy) is 1. The molecule has 1 aromatic heterocycles. The average Bonchev–Trinajstić information content (AvgIpc) is 3.05. The molecule has 1 amide bonds. The molecule has 6 heteroatoms. The van der Waals surface area contributed by atoms with Crippen LogP contribution in [0.5, 0.6) is 5.75 Å². The molecule has 0 bridgehead atoms. The number of rotatable bonds is 8. The van der Waals surface area contributed by atoms with E-state index < -0.39 is 11.9 Å². The van der Waals surface area contributed by atoms with Crippen molar-refractivity contribution in [3.05, 3.63) is 54.0 Å². The Morgan fingerprint density at radius 1 is 1.22 bits per heavy atom.